The van der Waals surface area contributed by atoms with Crippen LogP contribution in [0.15, 0.2) is 29.3 Å². The van der Waals surface area contributed by atoms with Gasteiger partial charge in [0.05, 0.1) is 12.7 Å². The normalized spacial score (nSPS) is 19.1. The predicted molar refractivity (Wildman–Crippen MR) is 105 cm³/mol. The summed E-state index contributed by atoms with van der Waals surface area (Å²) >= 11 is 5.95. The maximum Gasteiger partial charge on any atom is 0.193 e. The fraction of sp³-hybridized carbons (Fsp3) is 0.562. The highest BCUT2D eigenvalue weighted by atomic mass is 127. The number of aliphatic imine (C=N–C) groups is 1. The van der Waals surface area contributed by atoms with Crippen LogP contribution in [-0.2, 0) is 4.74 Å². The van der Waals surface area contributed by atoms with E-state index >= 15 is 0 Å². The Morgan fingerprint density at radius 2 is 2.35 bits per heavy atom. The SMILES string of the molecule is CN=C(NCC(O)c1cccc(Cl)c1)N(C)CC1CCOC1.I. The van der Waals surface area contributed by atoms with Gasteiger partial charge in [-0.1, -0.05) is 23.7 Å². The lowest BCUT2D eigenvalue weighted by molar-refractivity contribution is 0.176. The fourth-order valence-corrected chi connectivity index (χ4v) is 2.80. The van der Waals surface area contributed by atoms with Crippen LogP contribution in [0.25, 0.3) is 0 Å². The average Bonchev–Trinajstić information content (AvgIpc) is 3.00. The Hall–Kier alpha value is -0.570. The summed E-state index contributed by atoms with van der Waals surface area (Å²) in [6.45, 7) is 2.94. The van der Waals surface area contributed by atoms with Crippen molar-refractivity contribution in [2.24, 2.45) is 10.9 Å². The van der Waals surface area contributed by atoms with Crippen LogP contribution < -0.4 is 5.32 Å². The van der Waals surface area contributed by atoms with E-state index in [2.05, 4.69) is 15.2 Å². The topological polar surface area (TPSA) is 57.1 Å². The molecule has 23 heavy (non-hydrogen) atoms. The molecule has 1 fully saturated rings. The maximum absolute atomic E-state index is 10.2. The molecule has 2 N–H and O–H groups in total. The molecule has 1 aromatic rings. The molecule has 1 aliphatic heterocycles. The second kappa shape index (κ2) is 10.3. The lowest BCUT2D eigenvalue weighted by Crippen LogP contribution is -2.42. The van der Waals surface area contributed by atoms with E-state index in [1.165, 1.54) is 0 Å². The number of aliphatic hydroxyl groups is 1. The smallest absolute Gasteiger partial charge is 0.193 e. The molecule has 0 spiro atoms. The Morgan fingerprint density at radius 1 is 1.57 bits per heavy atom. The predicted octanol–water partition coefficient (Wildman–Crippen LogP) is 2.54. The average molecular weight is 454 g/mol. The van der Waals surface area contributed by atoms with Crippen LogP contribution in [0.1, 0.15) is 18.1 Å². The maximum atomic E-state index is 10.2. The van der Waals surface area contributed by atoms with E-state index in [1.807, 2.05) is 19.2 Å². The zero-order valence-electron chi connectivity index (χ0n) is 13.5. The Bertz CT molecular complexity index is 510. The lowest BCUT2D eigenvalue weighted by atomic mass is 10.1. The second-order valence-electron chi connectivity index (χ2n) is 5.61. The molecular weight excluding hydrogens is 429 g/mol. The number of halogens is 2. The molecule has 0 bridgehead atoms. The number of hydrogen-bond donors (Lipinski definition) is 2. The van der Waals surface area contributed by atoms with Crippen molar-refractivity contribution in [3.63, 3.8) is 0 Å². The molecular formula is C16H25ClIN3O2. The minimum atomic E-state index is -0.626. The van der Waals surface area contributed by atoms with Crippen LogP contribution in [0.2, 0.25) is 5.02 Å². The van der Waals surface area contributed by atoms with Gasteiger partial charge >= 0.3 is 0 Å². The first-order chi connectivity index (χ1) is 10.6. The molecule has 1 aliphatic rings. The van der Waals surface area contributed by atoms with E-state index < -0.39 is 6.10 Å². The minimum Gasteiger partial charge on any atom is -0.387 e. The molecule has 1 saturated heterocycles. The van der Waals surface area contributed by atoms with E-state index in [9.17, 15) is 5.11 Å². The van der Waals surface area contributed by atoms with Crippen LogP contribution in [0.4, 0.5) is 0 Å². The van der Waals surface area contributed by atoms with E-state index in [1.54, 1.807) is 19.2 Å². The molecule has 2 rings (SSSR count). The van der Waals surface area contributed by atoms with Crippen LogP contribution in [-0.4, -0.2) is 56.4 Å². The number of benzene rings is 1. The Balaban J connectivity index is 0.00000264. The minimum absolute atomic E-state index is 0. The number of hydrogen-bond acceptors (Lipinski definition) is 3. The summed E-state index contributed by atoms with van der Waals surface area (Å²) in [6.07, 6.45) is 0.464. The summed E-state index contributed by atoms with van der Waals surface area (Å²) in [4.78, 5) is 6.34. The third-order valence-corrected chi connectivity index (χ3v) is 4.05. The third-order valence-electron chi connectivity index (χ3n) is 3.82. The van der Waals surface area contributed by atoms with Crippen molar-refractivity contribution < 1.29 is 9.84 Å². The number of rotatable bonds is 5. The first kappa shape index (κ1) is 20.5. The van der Waals surface area contributed by atoms with Crippen molar-refractivity contribution in [3.8, 4) is 0 Å². The summed E-state index contributed by atoms with van der Waals surface area (Å²) in [7, 11) is 3.75. The molecule has 0 radical (unpaired) electrons. The van der Waals surface area contributed by atoms with E-state index in [4.69, 9.17) is 16.3 Å². The van der Waals surface area contributed by atoms with Crippen molar-refractivity contribution in [1.29, 1.82) is 0 Å². The zero-order chi connectivity index (χ0) is 15.9. The monoisotopic (exact) mass is 453 g/mol. The molecule has 1 heterocycles. The highest BCUT2D eigenvalue weighted by Gasteiger charge is 2.19. The van der Waals surface area contributed by atoms with Crippen LogP contribution in [0.3, 0.4) is 0 Å². The largest absolute Gasteiger partial charge is 0.387 e. The summed E-state index contributed by atoms with van der Waals surface area (Å²) in [5, 5.41) is 14.1. The fourth-order valence-electron chi connectivity index (χ4n) is 2.61. The standard InChI is InChI=1S/C16H24ClN3O2.HI/c1-18-16(20(2)10-12-6-7-22-11-12)19-9-15(21)13-4-3-5-14(17)8-13;/h3-5,8,12,15,21H,6-7,9-11H2,1-2H3,(H,18,19);1H. The van der Waals surface area contributed by atoms with Gasteiger partial charge in [-0.3, -0.25) is 4.99 Å². The molecule has 130 valence electrons. The van der Waals surface area contributed by atoms with Gasteiger partial charge in [-0.2, -0.15) is 0 Å². The summed E-state index contributed by atoms with van der Waals surface area (Å²) in [5.74, 6) is 1.31. The van der Waals surface area contributed by atoms with Gasteiger partial charge in [0.2, 0.25) is 0 Å². The van der Waals surface area contributed by atoms with Crippen LogP contribution in [0.5, 0.6) is 0 Å². The van der Waals surface area contributed by atoms with Gasteiger partial charge in [-0.05, 0) is 24.1 Å². The van der Waals surface area contributed by atoms with Gasteiger partial charge in [-0.15, -0.1) is 24.0 Å². The number of nitrogens with one attached hydrogen (secondary N) is 1. The van der Waals surface area contributed by atoms with Crippen molar-refractivity contribution in [3.05, 3.63) is 34.9 Å². The van der Waals surface area contributed by atoms with Gasteiger partial charge < -0.3 is 20.1 Å². The molecule has 7 heteroatoms. The van der Waals surface area contributed by atoms with Crippen LogP contribution >= 0.6 is 35.6 Å². The summed E-state index contributed by atoms with van der Waals surface area (Å²) in [6, 6.07) is 7.26. The molecule has 2 atom stereocenters. The molecule has 5 nitrogen and oxygen atoms in total. The van der Waals surface area contributed by atoms with Gasteiger partial charge in [-0.25, -0.2) is 0 Å². The first-order valence-electron chi connectivity index (χ1n) is 7.53. The molecule has 2 unspecified atom stereocenters. The second-order valence-corrected chi connectivity index (χ2v) is 6.05. The molecule has 0 saturated carbocycles. The quantitative estimate of drug-likeness (QED) is 0.409. The van der Waals surface area contributed by atoms with E-state index in [0.717, 1.165) is 37.7 Å². The highest BCUT2D eigenvalue weighted by Crippen LogP contribution is 2.17. The number of ether oxygens (including phenoxy) is 1. The van der Waals surface area contributed by atoms with E-state index in [0.29, 0.717) is 17.5 Å². The molecule has 0 aliphatic carbocycles. The Labute approximate surface area is 160 Å². The first-order valence-corrected chi connectivity index (χ1v) is 7.91. The molecule has 1 aromatic carbocycles. The summed E-state index contributed by atoms with van der Waals surface area (Å²) in [5.41, 5.74) is 0.794. The highest BCUT2D eigenvalue weighted by molar-refractivity contribution is 14.0. The van der Waals surface area contributed by atoms with Gasteiger partial charge in [0.25, 0.3) is 0 Å². The van der Waals surface area contributed by atoms with Gasteiger partial charge in [0.1, 0.15) is 0 Å². The zero-order valence-corrected chi connectivity index (χ0v) is 16.6. The van der Waals surface area contributed by atoms with Crippen LogP contribution in [0, 0.1) is 5.92 Å². The van der Waals surface area contributed by atoms with Crippen molar-refractivity contribution in [2.45, 2.75) is 12.5 Å². The van der Waals surface area contributed by atoms with Crippen molar-refractivity contribution >= 4 is 41.5 Å². The van der Waals surface area contributed by atoms with Crippen molar-refractivity contribution in [1.82, 2.24) is 10.2 Å². The molecule has 0 amide bonds. The number of guanidine groups is 1. The summed E-state index contributed by atoms with van der Waals surface area (Å²) < 4.78 is 5.40. The van der Waals surface area contributed by atoms with Gasteiger partial charge in [0.15, 0.2) is 5.96 Å². The third kappa shape index (κ3) is 6.45. The van der Waals surface area contributed by atoms with Gasteiger partial charge in [0, 0.05) is 44.7 Å². The lowest BCUT2D eigenvalue weighted by Gasteiger charge is -2.25. The Morgan fingerprint density at radius 3 is 2.96 bits per heavy atom. The Kier molecular flexibility index (Phi) is 9.19. The van der Waals surface area contributed by atoms with E-state index in [-0.39, 0.29) is 24.0 Å². The molecule has 0 aromatic heterocycles. The van der Waals surface area contributed by atoms with Crippen molar-refractivity contribution in [2.75, 3.05) is 40.4 Å². The number of nitrogens with zero attached hydrogens (tertiary/aromatic N) is 2. The number of aliphatic hydroxyl groups excluding tert-OH is 1.